The first-order valence-electron chi connectivity index (χ1n) is 7.70. The van der Waals surface area contributed by atoms with Crippen LogP contribution >= 0.6 is 11.3 Å². The lowest BCUT2D eigenvalue weighted by Crippen LogP contribution is -2.21. The minimum atomic E-state index is -0.717. The third-order valence-corrected chi connectivity index (χ3v) is 5.03. The lowest BCUT2D eigenvalue weighted by molar-refractivity contribution is 0.224. The third-order valence-electron chi connectivity index (χ3n) is 3.79. The van der Waals surface area contributed by atoms with E-state index >= 15 is 0 Å². The Hall–Kier alpha value is -1.98. The number of fused-ring (bicyclic) bond motifs is 1. The fourth-order valence-corrected chi connectivity index (χ4v) is 3.84. The first-order valence-corrected chi connectivity index (χ1v) is 8.51. The van der Waals surface area contributed by atoms with Crippen LogP contribution in [0, 0.1) is 5.92 Å². The van der Waals surface area contributed by atoms with Crippen LogP contribution in [0.4, 0.5) is 0 Å². The summed E-state index contributed by atoms with van der Waals surface area (Å²) in [5.74, 6) is 0.452. The summed E-state index contributed by atoms with van der Waals surface area (Å²) in [4.78, 5) is 13.1. The van der Waals surface area contributed by atoms with Crippen molar-refractivity contribution < 1.29 is 5.11 Å². The molecule has 3 aromatic rings. The summed E-state index contributed by atoms with van der Waals surface area (Å²) in [6, 6.07) is 11.3. The number of rotatable bonds is 4. The van der Waals surface area contributed by atoms with E-state index in [-0.39, 0.29) is 5.56 Å². The van der Waals surface area contributed by atoms with Crippen molar-refractivity contribution in [3.63, 3.8) is 0 Å². The Kier molecular flexibility index (Phi) is 4.33. The standard InChI is InChI=1S/C18H20N2O2S/c1-11(2)9-14-17-13(18(22)20(3)19-14)10-15(23-17)16(21)12-7-5-4-6-8-12/h4-8,10-11,16,21H,9H2,1-3H3. The SMILES string of the molecule is CC(C)Cc1nn(C)c(=O)c2cc(C(O)c3ccccc3)sc12. The first kappa shape index (κ1) is 15.9. The molecule has 0 spiro atoms. The minimum absolute atomic E-state index is 0.115. The summed E-state index contributed by atoms with van der Waals surface area (Å²) in [6.07, 6.45) is 0.0941. The Bertz CT molecular complexity index is 881. The molecule has 4 nitrogen and oxygen atoms in total. The van der Waals surface area contributed by atoms with Gasteiger partial charge in [0.1, 0.15) is 6.10 Å². The Balaban J connectivity index is 2.14. The number of aliphatic hydroxyl groups is 1. The van der Waals surface area contributed by atoms with Crippen LogP contribution < -0.4 is 5.56 Å². The molecule has 0 aliphatic rings. The number of aliphatic hydroxyl groups excluding tert-OH is 1. The van der Waals surface area contributed by atoms with E-state index in [1.807, 2.05) is 36.4 Å². The zero-order chi connectivity index (χ0) is 16.6. The van der Waals surface area contributed by atoms with Gasteiger partial charge in [0.2, 0.25) is 0 Å². The summed E-state index contributed by atoms with van der Waals surface area (Å²) in [5.41, 5.74) is 1.64. The predicted molar refractivity (Wildman–Crippen MR) is 93.9 cm³/mol. The number of hydrogen-bond donors (Lipinski definition) is 1. The first-order chi connectivity index (χ1) is 11.0. The van der Waals surface area contributed by atoms with Crippen LogP contribution in [0.25, 0.3) is 10.1 Å². The summed E-state index contributed by atoms with van der Waals surface area (Å²) >= 11 is 1.47. The van der Waals surface area contributed by atoms with Crippen molar-refractivity contribution in [3.05, 3.63) is 62.9 Å². The van der Waals surface area contributed by atoms with Crippen LogP contribution in [-0.2, 0) is 13.5 Å². The Morgan fingerprint density at radius 3 is 2.61 bits per heavy atom. The number of hydrogen-bond acceptors (Lipinski definition) is 4. The molecule has 0 radical (unpaired) electrons. The van der Waals surface area contributed by atoms with Crippen LogP contribution in [-0.4, -0.2) is 14.9 Å². The van der Waals surface area contributed by atoms with Gasteiger partial charge in [-0.2, -0.15) is 5.10 Å². The van der Waals surface area contributed by atoms with Crippen molar-refractivity contribution in [2.24, 2.45) is 13.0 Å². The van der Waals surface area contributed by atoms with Crippen LogP contribution in [0.2, 0.25) is 0 Å². The van der Waals surface area contributed by atoms with E-state index in [2.05, 4.69) is 18.9 Å². The molecular formula is C18H20N2O2S. The molecule has 2 aromatic heterocycles. The van der Waals surface area contributed by atoms with Crippen molar-refractivity contribution in [2.75, 3.05) is 0 Å². The van der Waals surface area contributed by atoms with Gasteiger partial charge in [-0.1, -0.05) is 44.2 Å². The number of nitrogens with zero attached hydrogens (tertiary/aromatic N) is 2. The van der Waals surface area contributed by atoms with Crippen LogP contribution in [0.1, 0.15) is 36.1 Å². The fraction of sp³-hybridized carbons (Fsp3) is 0.333. The highest BCUT2D eigenvalue weighted by Gasteiger charge is 2.18. The molecule has 0 aliphatic heterocycles. The number of benzene rings is 1. The van der Waals surface area contributed by atoms with E-state index in [4.69, 9.17) is 0 Å². The second-order valence-electron chi connectivity index (χ2n) is 6.18. The van der Waals surface area contributed by atoms with Crippen LogP contribution in [0.15, 0.2) is 41.2 Å². The van der Waals surface area contributed by atoms with Gasteiger partial charge in [-0.15, -0.1) is 11.3 Å². The molecule has 5 heteroatoms. The summed E-state index contributed by atoms with van der Waals surface area (Å²) in [7, 11) is 1.68. The fourth-order valence-electron chi connectivity index (χ4n) is 2.68. The highest BCUT2D eigenvalue weighted by Crippen LogP contribution is 2.33. The van der Waals surface area contributed by atoms with Crippen LogP contribution in [0.5, 0.6) is 0 Å². The highest BCUT2D eigenvalue weighted by molar-refractivity contribution is 7.19. The largest absolute Gasteiger partial charge is 0.383 e. The maximum Gasteiger partial charge on any atom is 0.275 e. The third kappa shape index (κ3) is 3.07. The second-order valence-corrected chi connectivity index (χ2v) is 7.26. The zero-order valence-electron chi connectivity index (χ0n) is 13.5. The normalized spacial score (nSPS) is 12.9. The van der Waals surface area contributed by atoms with Crippen molar-refractivity contribution in [1.82, 2.24) is 9.78 Å². The van der Waals surface area contributed by atoms with Gasteiger partial charge in [0, 0.05) is 11.9 Å². The van der Waals surface area contributed by atoms with E-state index in [0.29, 0.717) is 11.3 Å². The van der Waals surface area contributed by atoms with Crippen molar-refractivity contribution in [1.29, 1.82) is 0 Å². The predicted octanol–water partition coefficient (Wildman–Crippen LogP) is 3.28. The smallest absolute Gasteiger partial charge is 0.275 e. The van der Waals surface area contributed by atoms with E-state index in [1.54, 1.807) is 7.05 Å². The van der Waals surface area contributed by atoms with Crippen molar-refractivity contribution in [2.45, 2.75) is 26.4 Å². The molecule has 0 fully saturated rings. The van der Waals surface area contributed by atoms with Gasteiger partial charge >= 0.3 is 0 Å². The molecule has 120 valence electrons. The molecule has 0 amide bonds. The molecule has 3 rings (SSSR count). The van der Waals surface area contributed by atoms with Crippen molar-refractivity contribution >= 4 is 21.4 Å². The summed E-state index contributed by atoms with van der Waals surface area (Å²) < 4.78 is 2.29. The molecular weight excluding hydrogens is 308 g/mol. The zero-order valence-corrected chi connectivity index (χ0v) is 14.3. The quantitative estimate of drug-likeness (QED) is 0.800. The topological polar surface area (TPSA) is 55.1 Å². The molecule has 0 aliphatic carbocycles. The highest BCUT2D eigenvalue weighted by atomic mass is 32.1. The summed E-state index contributed by atoms with van der Waals surface area (Å²) in [5, 5.41) is 15.7. The lowest BCUT2D eigenvalue weighted by atomic mass is 10.1. The molecule has 23 heavy (non-hydrogen) atoms. The lowest BCUT2D eigenvalue weighted by Gasteiger charge is -2.08. The Labute approximate surface area is 139 Å². The van der Waals surface area contributed by atoms with E-state index in [1.165, 1.54) is 16.0 Å². The van der Waals surface area contributed by atoms with E-state index in [0.717, 1.165) is 27.3 Å². The van der Waals surface area contributed by atoms with E-state index < -0.39 is 6.10 Å². The molecule has 0 bridgehead atoms. The number of aryl methyl sites for hydroxylation is 1. The van der Waals surface area contributed by atoms with Gasteiger partial charge in [0.15, 0.2) is 0 Å². The molecule has 1 N–H and O–H groups in total. The molecule has 1 unspecified atom stereocenters. The van der Waals surface area contributed by atoms with Gasteiger partial charge in [0.05, 0.1) is 15.8 Å². The molecule has 2 heterocycles. The van der Waals surface area contributed by atoms with Crippen molar-refractivity contribution in [3.8, 4) is 0 Å². The van der Waals surface area contributed by atoms with Gasteiger partial charge in [-0.05, 0) is 24.0 Å². The Morgan fingerprint density at radius 2 is 1.96 bits per heavy atom. The van der Waals surface area contributed by atoms with Gasteiger partial charge in [0.25, 0.3) is 5.56 Å². The summed E-state index contributed by atoms with van der Waals surface area (Å²) in [6.45, 7) is 4.26. The maximum absolute atomic E-state index is 12.4. The minimum Gasteiger partial charge on any atom is -0.383 e. The monoisotopic (exact) mass is 328 g/mol. The van der Waals surface area contributed by atoms with Gasteiger partial charge in [-0.25, -0.2) is 4.68 Å². The average molecular weight is 328 g/mol. The van der Waals surface area contributed by atoms with Gasteiger partial charge in [-0.3, -0.25) is 4.79 Å². The average Bonchev–Trinajstić information content (AvgIpc) is 2.98. The number of aromatic nitrogens is 2. The maximum atomic E-state index is 12.4. The molecule has 0 saturated carbocycles. The molecule has 1 atom stereocenters. The number of thiophene rings is 1. The van der Waals surface area contributed by atoms with Gasteiger partial charge < -0.3 is 5.11 Å². The molecule has 1 aromatic carbocycles. The second kappa shape index (κ2) is 6.26. The van der Waals surface area contributed by atoms with E-state index in [9.17, 15) is 9.90 Å². The Morgan fingerprint density at radius 1 is 1.26 bits per heavy atom. The molecule has 0 saturated heterocycles. The van der Waals surface area contributed by atoms with Crippen LogP contribution in [0.3, 0.4) is 0 Å².